The third kappa shape index (κ3) is 3.17. The Labute approximate surface area is 105 Å². The Morgan fingerprint density at radius 3 is 2.22 bits per heavy atom. The second-order valence-electron chi connectivity index (χ2n) is 4.00. The van der Waals surface area contributed by atoms with E-state index in [0.717, 1.165) is 5.56 Å². The molecule has 2 aromatic carbocycles. The normalized spacial score (nSPS) is 10.1. The Bertz CT molecular complexity index is 508. The molecule has 1 amide bonds. The molecular weight excluding hydrogens is 229 g/mol. The summed E-state index contributed by atoms with van der Waals surface area (Å²) in [5.41, 5.74) is 2.17. The van der Waals surface area contributed by atoms with Crippen molar-refractivity contribution in [2.45, 2.75) is 13.2 Å². The van der Waals surface area contributed by atoms with E-state index in [1.807, 2.05) is 30.3 Å². The van der Waals surface area contributed by atoms with Gasteiger partial charge in [-0.15, -0.1) is 0 Å². The van der Waals surface area contributed by atoms with Gasteiger partial charge in [-0.2, -0.15) is 0 Å². The van der Waals surface area contributed by atoms with Crippen molar-refractivity contribution in [2.24, 2.45) is 0 Å². The van der Waals surface area contributed by atoms with Crippen LogP contribution in [0.2, 0.25) is 0 Å². The lowest BCUT2D eigenvalue weighted by Gasteiger charge is -2.05. The number of hydrogen-bond acceptors (Lipinski definition) is 1. The third-order valence-electron chi connectivity index (χ3n) is 2.67. The number of carbonyl (C=O) groups is 1. The Morgan fingerprint density at radius 1 is 0.944 bits per heavy atom. The molecule has 0 saturated carbocycles. The molecule has 0 aliphatic rings. The second-order valence-corrected chi connectivity index (χ2v) is 4.00. The van der Waals surface area contributed by atoms with Gasteiger partial charge in [0.15, 0.2) is 0 Å². The molecule has 0 atom stereocenters. The average Bonchev–Trinajstić information content (AvgIpc) is 2.46. The fraction of sp³-hybridized carbons (Fsp3) is 0.133. The summed E-state index contributed by atoms with van der Waals surface area (Å²) >= 11 is 0. The molecule has 0 spiro atoms. The molecule has 0 aliphatic heterocycles. The molecule has 0 radical (unpaired) electrons. The van der Waals surface area contributed by atoms with Gasteiger partial charge in [0.25, 0.3) is 5.91 Å². The van der Waals surface area contributed by atoms with Crippen LogP contribution in [0.5, 0.6) is 0 Å². The molecule has 0 heterocycles. The van der Waals surface area contributed by atoms with Gasteiger partial charge in [0.05, 0.1) is 0 Å². The van der Waals surface area contributed by atoms with Crippen LogP contribution in [0.3, 0.4) is 0 Å². The summed E-state index contributed by atoms with van der Waals surface area (Å²) in [4.78, 5) is 11.8. The quantitative estimate of drug-likeness (QED) is 0.878. The van der Waals surface area contributed by atoms with Gasteiger partial charge in [0.2, 0.25) is 0 Å². The molecule has 0 aliphatic carbocycles. The van der Waals surface area contributed by atoms with Gasteiger partial charge >= 0.3 is 0 Å². The van der Waals surface area contributed by atoms with Crippen molar-refractivity contribution < 1.29 is 9.18 Å². The molecule has 92 valence electrons. The summed E-state index contributed by atoms with van der Waals surface area (Å²) in [6.07, 6.45) is 0. The first-order chi connectivity index (χ1) is 8.79. The molecular formula is C15H14FNO. The van der Waals surface area contributed by atoms with Crippen molar-refractivity contribution >= 4 is 5.91 Å². The maximum atomic E-state index is 12.3. The predicted molar refractivity (Wildman–Crippen MR) is 68.9 cm³/mol. The van der Waals surface area contributed by atoms with Gasteiger partial charge in [-0.3, -0.25) is 4.79 Å². The van der Waals surface area contributed by atoms with Crippen LogP contribution < -0.4 is 5.32 Å². The Hall–Kier alpha value is -2.16. The standard InChI is InChI=1S/C15H14FNO/c16-10-12-6-8-14(9-7-12)15(18)17-11-13-4-2-1-3-5-13/h1-9H,10-11H2,(H,17,18). The van der Waals surface area contributed by atoms with Crippen LogP contribution in [-0.2, 0) is 13.2 Å². The Morgan fingerprint density at radius 2 is 1.61 bits per heavy atom. The molecule has 0 bridgehead atoms. The lowest BCUT2D eigenvalue weighted by molar-refractivity contribution is 0.0951. The number of amides is 1. The van der Waals surface area contributed by atoms with E-state index in [4.69, 9.17) is 0 Å². The van der Waals surface area contributed by atoms with E-state index in [1.54, 1.807) is 24.3 Å². The van der Waals surface area contributed by atoms with E-state index in [1.165, 1.54) is 0 Å². The zero-order valence-electron chi connectivity index (χ0n) is 9.90. The van der Waals surface area contributed by atoms with E-state index in [-0.39, 0.29) is 5.91 Å². The fourth-order valence-electron chi connectivity index (χ4n) is 1.63. The molecule has 3 heteroatoms. The first kappa shape index (κ1) is 12.3. The lowest BCUT2D eigenvalue weighted by Crippen LogP contribution is -2.22. The van der Waals surface area contributed by atoms with Crippen molar-refractivity contribution in [1.29, 1.82) is 0 Å². The molecule has 0 aromatic heterocycles. The first-order valence-electron chi connectivity index (χ1n) is 5.76. The van der Waals surface area contributed by atoms with Crippen LogP contribution in [0.1, 0.15) is 21.5 Å². The van der Waals surface area contributed by atoms with E-state index in [2.05, 4.69) is 5.32 Å². The molecule has 18 heavy (non-hydrogen) atoms. The summed E-state index contributed by atoms with van der Waals surface area (Å²) in [5, 5.41) is 2.82. The summed E-state index contributed by atoms with van der Waals surface area (Å²) in [6, 6.07) is 16.2. The highest BCUT2D eigenvalue weighted by molar-refractivity contribution is 5.94. The van der Waals surface area contributed by atoms with E-state index in [0.29, 0.717) is 17.7 Å². The van der Waals surface area contributed by atoms with E-state index >= 15 is 0 Å². The summed E-state index contributed by atoms with van der Waals surface area (Å²) < 4.78 is 12.3. The maximum absolute atomic E-state index is 12.3. The molecule has 0 fully saturated rings. The maximum Gasteiger partial charge on any atom is 0.251 e. The minimum Gasteiger partial charge on any atom is -0.348 e. The zero-order chi connectivity index (χ0) is 12.8. The lowest BCUT2D eigenvalue weighted by atomic mass is 10.1. The summed E-state index contributed by atoms with van der Waals surface area (Å²) in [7, 11) is 0. The molecule has 0 saturated heterocycles. The van der Waals surface area contributed by atoms with E-state index < -0.39 is 6.67 Å². The number of halogens is 1. The van der Waals surface area contributed by atoms with Crippen LogP contribution in [0.25, 0.3) is 0 Å². The van der Waals surface area contributed by atoms with Crippen molar-refractivity contribution in [3.63, 3.8) is 0 Å². The second kappa shape index (κ2) is 5.96. The minimum atomic E-state index is -0.508. The molecule has 2 rings (SSSR count). The molecule has 2 aromatic rings. The number of alkyl halides is 1. The van der Waals surface area contributed by atoms with Crippen LogP contribution in [-0.4, -0.2) is 5.91 Å². The van der Waals surface area contributed by atoms with Gasteiger partial charge in [-0.1, -0.05) is 42.5 Å². The predicted octanol–water partition coefficient (Wildman–Crippen LogP) is 3.09. The minimum absolute atomic E-state index is 0.149. The smallest absolute Gasteiger partial charge is 0.251 e. The topological polar surface area (TPSA) is 29.1 Å². The number of nitrogens with one attached hydrogen (secondary N) is 1. The number of benzene rings is 2. The van der Waals surface area contributed by atoms with Crippen molar-refractivity contribution in [2.75, 3.05) is 0 Å². The number of hydrogen-bond donors (Lipinski definition) is 1. The summed E-state index contributed by atoms with van der Waals surface area (Å²) in [6.45, 7) is -0.0174. The first-order valence-corrected chi connectivity index (χ1v) is 5.76. The SMILES string of the molecule is O=C(NCc1ccccc1)c1ccc(CF)cc1. The Balaban J connectivity index is 1.95. The van der Waals surface area contributed by atoms with Crippen LogP contribution >= 0.6 is 0 Å². The van der Waals surface area contributed by atoms with Crippen molar-refractivity contribution in [3.8, 4) is 0 Å². The zero-order valence-corrected chi connectivity index (χ0v) is 9.90. The van der Waals surface area contributed by atoms with Gasteiger partial charge < -0.3 is 5.32 Å². The van der Waals surface area contributed by atoms with Crippen LogP contribution in [0.4, 0.5) is 4.39 Å². The van der Waals surface area contributed by atoms with Gasteiger partial charge in [0.1, 0.15) is 6.67 Å². The van der Waals surface area contributed by atoms with Crippen LogP contribution in [0, 0.1) is 0 Å². The van der Waals surface area contributed by atoms with Crippen molar-refractivity contribution in [3.05, 3.63) is 71.3 Å². The highest BCUT2D eigenvalue weighted by Gasteiger charge is 2.04. The largest absolute Gasteiger partial charge is 0.348 e. The fourth-order valence-corrected chi connectivity index (χ4v) is 1.63. The van der Waals surface area contributed by atoms with Gasteiger partial charge in [-0.05, 0) is 23.3 Å². The van der Waals surface area contributed by atoms with E-state index in [9.17, 15) is 9.18 Å². The highest BCUT2D eigenvalue weighted by atomic mass is 19.1. The molecule has 2 nitrogen and oxygen atoms in total. The highest BCUT2D eigenvalue weighted by Crippen LogP contribution is 2.06. The molecule has 0 unspecified atom stereocenters. The van der Waals surface area contributed by atoms with Crippen molar-refractivity contribution in [1.82, 2.24) is 5.32 Å². The number of rotatable bonds is 4. The van der Waals surface area contributed by atoms with Gasteiger partial charge in [-0.25, -0.2) is 4.39 Å². The Kier molecular flexibility index (Phi) is 4.07. The third-order valence-corrected chi connectivity index (χ3v) is 2.67. The summed E-state index contributed by atoms with van der Waals surface area (Å²) in [5.74, 6) is -0.149. The molecule has 1 N–H and O–H groups in total. The number of carbonyl (C=O) groups excluding carboxylic acids is 1. The van der Waals surface area contributed by atoms with Gasteiger partial charge in [0, 0.05) is 12.1 Å². The monoisotopic (exact) mass is 243 g/mol. The van der Waals surface area contributed by atoms with Crippen LogP contribution in [0.15, 0.2) is 54.6 Å². The average molecular weight is 243 g/mol.